The van der Waals surface area contributed by atoms with Gasteiger partial charge in [-0.3, -0.25) is 4.79 Å². The van der Waals surface area contributed by atoms with E-state index in [2.05, 4.69) is 4.98 Å². The van der Waals surface area contributed by atoms with Crippen LogP contribution in [0.5, 0.6) is 0 Å². The number of carbonyl (C=O) groups excluding carboxylic acids is 2. The smallest absolute Gasteiger partial charge is 0.337 e. The molecule has 0 atom stereocenters. The Bertz CT molecular complexity index is 654. The fraction of sp³-hybridized carbons (Fsp3) is 0.286. The van der Waals surface area contributed by atoms with E-state index in [1.54, 1.807) is 12.1 Å². The summed E-state index contributed by atoms with van der Waals surface area (Å²) < 4.78 is 4.70. The topological polar surface area (TPSA) is 59.2 Å². The SMILES string of the molecule is COC(=O)c1ccc2[nH]c3c(c2c1)C(=O)CCC3. The van der Waals surface area contributed by atoms with E-state index >= 15 is 0 Å². The fourth-order valence-corrected chi connectivity index (χ4v) is 2.55. The molecule has 1 aromatic heterocycles. The molecule has 0 saturated heterocycles. The van der Waals surface area contributed by atoms with Crippen LogP contribution in [0.4, 0.5) is 0 Å². The third kappa shape index (κ3) is 1.53. The highest BCUT2D eigenvalue weighted by Crippen LogP contribution is 2.29. The van der Waals surface area contributed by atoms with Gasteiger partial charge in [-0.2, -0.15) is 0 Å². The number of fused-ring (bicyclic) bond motifs is 3. The largest absolute Gasteiger partial charge is 0.465 e. The molecule has 0 fully saturated rings. The summed E-state index contributed by atoms with van der Waals surface area (Å²) in [6, 6.07) is 5.27. The first-order chi connectivity index (χ1) is 8.70. The second kappa shape index (κ2) is 3.98. The third-order valence-electron chi connectivity index (χ3n) is 3.41. The third-order valence-corrected chi connectivity index (χ3v) is 3.41. The van der Waals surface area contributed by atoms with Crippen molar-refractivity contribution in [2.24, 2.45) is 0 Å². The van der Waals surface area contributed by atoms with Crippen molar-refractivity contribution in [2.75, 3.05) is 7.11 Å². The van der Waals surface area contributed by atoms with Gasteiger partial charge in [0.2, 0.25) is 0 Å². The molecule has 1 heterocycles. The molecule has 0 unspecified atom stereocenters. The normalized spacial score (nSPS) is 14.6. The molecular weight excluding hydrogens is 230 g/mol. The van der Waals surface area contributed by atoms with Crippen molar-refractivity contribution in [3.05, 3.63) is 35.0 Å². The number of benzene rings is 1. The number of rotatable bonds is 1. The van der Waals surface area contributed by atoms with Crippen molar-refractivity contribution in [1.82, 2.24) is 4.98 Å². The van der Waals surface area contributed by atoms with Gasteiger partial charge >= 0.3 is 5.97 Å². The van der Waals surface area contributed by atoms with Crippen molar-refractivity contribution in [2.45, 2.75) is 19.3 Å². The Labute approximate surface area is 104 Å². The first-order valence-corrected chi connectivity index (χ1v) is 5.97. The Hall–Kier alpha value is -2.10. The van der Waals surface area contributed by atoms with E-state index < -0.39 is 0 Å². The number of nitrogens with one attached hydrogen (secondary N) is 1. The number of H-pyrrole nitrogens is 1. The molecule has 0 spiro atoms. The van der Waals surface area contributed by atoms with Gasteiger partial charge in [-0.05, 0) is 31.0 Å². The van der Waals surface area contributed by atoms with Crippen LogP contribution < -0.4 is 0 Å². The van der Waals surface area contributed by atoms with Crippen LogP contribution in [0.15, 0.2) is 18.2 Å². The second-order valence-corrected chi connectivity index (χ2v) is 4.51. The summed E-state index contributed by atoms with van der Waals surface area (Å²) in [4.78, 5) is 26.7. The van der Waals surface area contributed by atoms with Crippen LogP contribution in [0.3, 0.4) is 0 Å². The highest BCUT2D eigenvalue weighted by molar-refractivity contribution is 6.11. The maximum Gasteiger partial charge on any atom is 0.337 e. The lowest BCUT2D eigenvalue weighted by atomic mass is 9.94. The standard InChI is InChI=1S/C14H13NO3/c1-18-14(17)8-5-6-10-9(7-8)13-11(15-10)3-2-4-12(13)16/h5-7,15H,2-4H2,1H3. The first-order valence-electron chi connectivity index (χ1n) is 5.97. The van der Waals surface area contributed by atoms with Crippen molar-refractivity contribution >= 4 is 22.7 Å². The predicted octanol–water partition coefficient (Wildman–Crippen LogP) is 2.47. The molecule has 1 N–H and O–H groups in total. The lowest BCUT2D eigenvalue weighted by Gasteiger charge is -2.09. The second-order valence-electron chi connectivity index (χ2n) is 4.51. The van der Waals surface area contributed by atoms with Crippen molar-refractivity contribution in [3.8, 4) is 0 Å². The monoisotopic (exact) mass is 243 g/mol. The Morgan fingerprint density at radius 1 is 1.33 bits per heavy atom. The summed E-state index contributed by atoms with van der Waals surface area (Å²) in [6.45, 7) is 0. The van der Waals surface area contributed by atoms with Gasteiger partial charge in [-0.15, -0.1) is 0 Å². The minimum Gasteiger partial charge on any atom is -0.465 e. The fourth-order valence-electron chi connectivity index (χ4n) is 2.55. The van der Waals surface area contributed by atoms with Gasteiger partial charge in [0.15, 0.2) is 5.78 Å². The van der Waals surface area contributed by atoms with Crippen molar-refractivity contribution in [3.63, 3.8) is 0 Å². The van der Waals surface area contributed by atoms with Gasteiger partial charge < -0.3 is 9.72 Å². The van der Waals surface area contributed by atoms with E-state index in [9.17, 15) is 9.59 Å². The van der Waals surface area contributed by atoms with Gasteiger partial charge in [0.05, 0.1) is 12.7 Å². The molecule has 1 aliphatic rings. The molecular formula is C14H13NO3. The summed E-state index contributed by atoms with van der Waals surface area (Å²) in [5.41, 5.74) is 3.12. The Morgan fingerprint density at radius 3 is 2.94 bits per heavy atom. The number of aromatic amines is 1. The number of carbonyl (C=O) groups is 2. The Morgan fingerprint density at radius 2 is 2.17 bits per heavy atom. The molecule has 0 aliphatic heterocycles. The van der Waals surface area contributed by atoms with Gasteiger partial charge in [0, 0.05) is 28.6 Å². The predicted molar refractivity (Wildman–Crippen MR) is 66.9 cm³/mol. The number of esters is 1. The molecule has 0 radical (unpaired) electrons. The van der Waals surface area contributed by atoms with Crippen LogP contribution in [-0.2, 0) is 11.2 Å². The number of Topliss-reactive ketones (excluding diaryl/α,β-unsaturated/α-hetero) is 1. The van der Waals surface area contributed by atoms with Gasteiger partial charge in [0.25, 0.3) is 0 Å². The number of hydrogen-bond donors (Lipinski definition) is 1. The lowest BCUT2D eigenvalue weighted by molar-refractivity contribution is 0.0600. The molecule has 3 rings (SSSR count). The zero-order valence-corrected chi connectivity index (χ0v) is 10.1. The maximum atomic E-state index is 12.0. The number of hydrogen-bond acceptors (Lipinski definition) is 3. The highest BCUT2D eigenvalue weighted by Gasteiger charge is 2.22. The Kier molecular flexibility index (Phi) is 2.44. The average molecular weight is 243 g/mol. The van der Waals surface area contributed by atoms with Crippen molar-refractivity contribution in [1.29, 1.82) is 0 Å². The van der Waals surface area contributed by atoms with Gasteiger partial charge in [-0.25, -0.2) is 4.79 Å². The van der Waals surface area contributed by atoms with Crippen LogP contribution in [0.1, 0.15) is 39.3 Å². The van der Waals surface area contributed by atoms with E-state index in [0.29, 0.717) is 12.0 Å². The van der Waals surface area contributed by atoms with Crippen molar-refractivity contribution < 1.29 is 14.3 Å². The van der Waals surface area contributed by atoms with E-state index in [1.807, 2.05) is 6.07 Å². The van der Waals surface area contributed by atoms with Crippen LogP contribution in [0, 0.1) is 0 Å². The first kappa shape index (κ1) is 11.0. The summed E-state index contributed by atoms with van der Waals surface area (Å²) in [5, 5.41) is 0.831. The molecule has 1 aromatic carbocycles. The number of aryl methyl sites for hydroxylation is 1. The molecule has 0 bridgehead atoms. The lowest BCUT2D eigenvalue weighted by Crippen LogP contribution is -2.09. The van der Waals surface area contributed by atoms with Crippen LogP contribution in [0.2, 0.25) is 0 Å². The number of aromatic nitrogens is 1. The number of ketones is 1. The zero-order valence-electron chi connectivity index (χ0n) is 10.1. The summed E-state index contributed by atoms with van der Waals surface area (Å²) in [5.74, 6) is -0.223. The Balaban J connectivity index is 2.23. The number of ether oxygens (including phenoxy) is 1. The minimum absolute atomic E-state index is 0.157. The summed E-state index contributed by atoms with van der Waals surface area (Å²) >= 11 is 0. The molecule has 0 saturated carbocycles. The average Bonchev–Trinajstić information content (AvgIpc) is 2.76. The van der Waals surface area contributed by atoms with E-state index in [1.165, 1.54) is 7.11 Å². The van der Waals surface area contributed by atoms with E-state index in [0.717, 1.165) is 35.0 Å². The number of methoxy groups -OCH3 is 1. The molecule has 4 nitrogen and oxygen atoms in total. The summed E-state index contributed by atoms with van der Waals surface area (Å²) in [7, 11) is 1.35. The van der Waals surface area contributed by atoms with Gasteiger partial charge in [-0.1, -0.05) is 0 Å². The molecule has 4 heteroatoms. The quantitative estimate of drug-likeness (QED) is 0.783. The van der Waals surface area contributed by atoms with Crippen LogP contribution >= 0.6 is 0 Å². The highest BCUT2D eigenvalue weighted by atomic mass is 16.5. The molecule has 18 heavy (non-hydrogen) atoms. The molecule has 0 amide bonds. The van der Waals surface area contributed by atoms with Gasteiger partial charge in [0.1, 0.15) is 0 Å². The van der Waals surface area contributed by atoms with Crippen LogP contribution in [0.25, 0.3) is 10.9 Å². The minimum atomic E-state index is -0.380. The van der Waals surface area contributed by atoms with E-state index in [4.69, 9.17) is 4.74 Å². The zero-order chi connectivity index (χ0) is 12.7. The molecule has 2 aromatic rings. The summed E-state index contributed by atoms with van der Waals surface area (Å²) in [6.07, 6.45) is 2.37. The van der Waals surface area contributed by atoms with Crippen LogP contribution in [-0.4, -0.2) is 23.8 Å². The molecule has 92 valence electrons. The maximum absolute atomic E-state index is 12.0. The van der Waals surface area contributed by atoms with E-state index in [-0.39, 0.29) is 11.8 Å². The molecule has 1 aliphatic carbocycles.